The Bertz CT molecular complexity index is 803. The minimum absolute atomic E-state index is 0.0655. The van der Waals surface area contributed by atoms with Crippen molar-refractivity contribution >= 4 is 33.5 Å². The Morgan fingerprint density at radius 1 is 1.30 bits per heavy atom. The van der Waals surface area contributed by atoms with Gasteiger partial charge in [-0.25, -0.2) is 18.4 Å². The lowest BCUT2D eigenvalue weighted by Gasteiger charge is -2.17. The van der Waals surface area contributed by atoms with E-state index < -0.39 is 33.9 Å². The molecule has 10 heteroatoms. The standard InChI is InChI=1S/C17H25N3O5S2/c1-10-14(11(2)19-17(18-10)26-4)5-6-15(21)25-12(3)16(22)20-13-7-8-27(23,24)9-13/h12-13H,5-9H2,1-4H3,(H,20,22)/t12-,13-/m0/s1. The third kappa shape index (κ3) is 6.17. The van der Waals surface area contributed by atoms with Crippen molar-refractivity contribution in [3.63, 3.8) is 0 Å². The lowest BCUT2D eigenvalue weighted by Crippen LogP contribution is -2.42. The van der Waals surface area contributed by atoms with Crippen molar-refractivity contribution in [3.8, 4) is 0 Å². The molecular formula is C17H25N3O5S2. The molecule has 1 fully saturated rings. The van der Waals surface area contributed by atoms with Crippen LogP contribution in [0.25, 0.3) is 0 Å². The highest BCUT2D eigenvalue weighted by molar-refractivity contribution is 7.98. The van der Waals surface area contributed by atoms with Gasteiger partial charge in [0.05, 0.1) is 11.5 Å². The second-order valence-electron chi connectivity index (χ2n) is 6.60. The molecule has 27 heavy (non-hydrogen) atoms. The van der Waals surface area contributed by atoms with Crippen LogP contribution in [0.5, 0.6) is 0 Å². The lowest BCUT2D eigenvalue weighted by molar-refractivity contribution is -0.155. The molecule has 2 rings (SSSR count). The second kappa shape index (κ2) is 9.01. The predicted octanol–water partition coefficient (Wildman–Crippen LogP) is 0.983. The number of esters is 1. The van der Waals surface area contributed by atoms with E-state index in [2.05, 4.69) is 15.3 Å². The lowest BCUT2D eigenvalue weighted by atomic mass is 10.1. The number of amides is 1. The number of nitrogens with zero attached hydrogens (tertiary/aromatic N) is 2. The van der Waals surface area contributed by atoms with E-state index in [0.29, 0.717) is 18.0 Å². The topological polar surface area (TPSA) is 115 Å². The Labute approximate surface area is 163 Å². The zero-order chi connectivity index (χ0) is 20.2. The molecule has 1 N–H and O–H groups in total. The zero-order valence-corrected chi connectivity index (χ0v) is 17.6. The van der Waals surface area contributed by atoms with Gasteiger partial charge in [0.25, 0.3) is 5.91 Å². The highest BCUT2D eigenvalue weighted by Gasteiger charge is 2.30. The van der Waals surface area contributed by atoms with E-state index in [9.17, 15) is 18.0 Å². The number of ether oxygens (including phenoxy) is 1. The first kappa shape index (κ1) is 21.6. The van der Waals surface area contributed by atoms with Crippen molar-refractivity contribution in [2.45, 2.75) is 57.3 Å². The summed E-state index contributed by atoms with van der Waals surface area (Å²) in [7, 11) is -3.08. The zero-order valence-electron chi connectivity index (χ0n) is 15.9. The molecule has 1 saturated heterocycles. The number of hydrogen-bond acceptors (Lipinski definition) is 8. The van der Waals surface area contributed by atoms with Crippen LogP contribution in [0.3, 0.4) is 0 Å². The third-order valence-electron chi connectivity index (χ3n) is 4.42. The molecule has 0 radical (unpaired) electrons. The van der Waals surface area contributed by atoms with E-state index in [1.54, 1.807) is 0 Å². The molecule has 1 amide bonds. The van der Waals surface area contributed by atoms with Gasteiger partial charge in [-0.05, 0) is 45.4 Å². The summed E-state index contributed by atoms with van der Waals surface area (Å²) in [6.07, 6.45) is 1.86. The van der Waals surface area contributed by atoms with E-state index in [1.165, 1.54) is 18.7 Å². The number of rotatable bonds is 7. The Kier molecular flexibility index (Phi) is 7.21. The summed E-state index contributed by atoms with van der Waals surface area (Å²) >= 11 is 1.46. The van der Waals surface area contributed by atoms with Crippen LogP contribution in [0.15, 0.2) is 5.16 Å². The molecule has 150 valence electrons. The first-order valence-electron chi connectivity index (χ1n) is 8.69. The molecule has 0 aromatic carbocycles. The van der Waals surface area contributed by atoms with Gasteiger partial charge >= 0.3 is 5.97 Å². The van der Waals surface area contributed by atoms with Gasteiger partial charge in [0, 0.05) is 23.9 Å². The van der Waals surface area contributed by atoms with Gasteiger partial charge in [-0.2, -0.15) is 0 Å². The fourth-order valence-corrected chi connectivity index (χ4v) is 5.06. The normalized spacial score (nSPS) is 19.5. The minimum atomic E-state index is -3.08. The Morgan fingerprint density at radius 3 is 2.44 bits per heavy atom. The molecule has 1 aromatic rings. The fourth-order valence-electron chi connectivity index (χ4n) is 2.93. The number of carbonyl (C=O) groups excluding carboxylic acids is 2. The van der Waals surface area contributed by atoms with Crippen molar-refractivity contribution in [3.05, 3.63) is 17.0 Å². The van der Waals surface area contributed by atoms with Gasteiger partial charge in [0.1, 0.15) is 0 Å². The summed E-state index contributed by atoms with van der Waals surface area (Å²) < 4.78 is 28.0. The van der Waals surface area contributed by atoms with Crippen LogP contribution in [-0.4, -0.2) is 60.2 Å². The quantitative estimate of drug-likeness (QED) is 0.398. The predicted molar refractivity (Wildman–Crippen MR) is 102 cm³/mol. The number of carbonyl (C=O) groups is 2. The molecule has 2 heterocycles. The average Bonchev–Trinajstić information content (AvgIpc) is 2.92. The van der Waals surface area contributed by atoms with Crippen LogP contribution in [0.1, 0.15) is 36.7 Å². The van der Waals surface area contributed by atoms with Crippen LogP contribution in [0, 0.1) is 13.8 Å². The molecule has 1 aliphatic rings. The van der Waals surface area contributed by atoms with Gasteiger partial charge in [-0.1, -0.05) is 11.8 Å². The van der Waals surface area contributed by atoms with Crippen molar-refractivity contribution in [2.75, 3.05) is 17.8 Å². The number of aryl methyl sites for hydroxylation is 2. The molecule has 0 saturated carbocycles. The summed E-state index contributed by atoms with van der Waals surface area (Å²) in [6, 6.07) is -0.416. The maximum Gasteiger partial charge on any atom is 0.306 e. The summed E-state index contributed by atoms with van der Waals surface area (Å²) in [4.78, 5) is 32.9. The molecule has 0 aliphatic carbocycles. The first-order chi connectivity index (χ1) is 12.6. The fraction of sp³-hybridized carbons (Fsp3) is 0.647. The monoisotopic (exact) mass is 415 g/mol. The van der Waals surface area contributed by atoms with Crippen molar-refractivity contribution in [2.24, 2.45) is 0 Å². The van der Waals surface area contributed by atoms with Crippen molar-refractivity contribution in [1.29, 1.82) is 0 Å². The number of hydrogen-bond donors (Lipinski definition) is 1. The number of aromatic nitrogens is 2. The molecule has 8 nitrogen and oxygen atoms in total. The van der Waals surface area contributed by atoms with Crippen LogP contribution >= 0.6 is 11.8 Å². The minimum Gasteiger partial charge on any atom is -0.453 e. The van der Waals surface area contributed by atoms with Gasteiger partial charge in [-0.3, -0.25) is 9.59 Å². The van der Waals surface area contributed by atoms with Crippen LogP contribution in [0.2, 0.25) is 0 Å². The maximum atomic E-state index is 12.1. The summed E-state index contributed by atoms with van der Waals surface area (Å²) in [5, 5.41) is 3.32. The highest BCUT2D eigenvalue weighted by Crippen LogP contribution is 2.17. The molecule has 0 spiro atoms. The molecule has 2 atom stereocenters. The number of thioether (sulfide) groups is 1. The molecule has 1 aromatic heterocycles. The number of sulfone groups is 1. The van der Waals surface area contributed by atoms with E-state index in [0.717, 1.165) is 17.0 Å². The first-order valence-corrected chi connectivity index (χ1v) is 11.7. The van der Waals surface area contributed by atoms with E-state index in [-0.39, 0.29) is 17.9 Å². The molecule has 0 bridgehead atoms. The SMILES string of the molecule is CSc1nc(C)c(CCC(=O)O[C@@H](C)C(=O)N[C@H]2CCS(=O)(=O)C2)c(C)n1. The van der Waals surface area contributed by atoms with Gasteiger partial charge in [0.15, 0.2) is 21.1 Å². The van der Waals surface area contributed by atoms with E-state index in [4.69, 9.17) is 4.74 Å². The summed E-state index contributed by atoms with van der Waals surface area (Å²) in [5.74, 6) is -0.971. The Balaban J connectivity index is 1.84. The van der Waals surface area contributed by atoms with Crippen molar-refractivity contribution in [1.82, 2.24) is 15.3 Å². The van der Waals surface area contributed by atoms with Gasteiger partial charge in [0.2, 0.25) is 0 Å². The van der Waals surface area contributed by atoms with Crippen molar-refractivity contribution < 1.29 is 22.7 Å². The summed E-state index contributed by atoms with van der Waals surface area (Å²) in [5.41, 5.74) is 2.55. The van der Waals surface area contributed by atoms with Crippen LogP contribution in [-0.2, 0) is 30.6 Å². The Hall–Kier alpha value is -1.68. The van der Waals surface area contributed by atoms with Gasteiger partial charge in [-0.15, -0.1) is 0 Å². The third-order valence-corrected chi connectivity index (χ3v) is 6.73. The smallest absolute Gasteiger partial charge is 0.306 e. The van der Waals surface area contributed by atoms with Crippen LogP contribution < -0.4 is 5.32 Å². The second-order valence-corrected chi connectivity index (χ2v) is 9.60. The molecular weight excluding hydrogens is 390 g/mol. The van der Waals surface area contributed by atoms with E-state index in [1.807, 2.05) is 20.1 Å². The largest absolute Gasteiger partial charge is 0.453 e. The molecule has 0 unspecified atom stereocenters. The molecule has 1 aliphatic heterocycles. The maximum absolute atomic E-state index is 12.1. The average molecular weight is 416 g/mol. The number of nitrogens with one attached hydrogen (secondary N) is 1. The van der Waals surface area contributed by atoms with Crippen LogP contribution in [0.4, 0.5) is 0 Å². The van der Waals surface area contributed by atoms with Gasteiger partial charge < -0.3 is 10.1 Å². The highest BCUT2D eigenvalue weighted by atomic mass is 32.2. The van der Waals surface area contributed by atoms with E-state index >= 15 is 0 Å². The Morgan fingerprint density at radius 2 is 1.93 bits per heavy atom. The summed E-state index contributed by atoms with van der Waals surface area (Å²) in [6.45, 7) is 5.23.